The third-order valence-corrected chi connectivity index (χ3v) is 8.04. The minimum absolute atomic E-state index is 0.0567. The molecule has 1 aliphatic rings. The lowest BCUT2D eigenvalue weighted by Gasteiger charge is -2.29. The summed E-state index contributed by atoms with van der Waals surface area (Å²) in [7, 11) is 1.59. The van der Waals surface area contributed by atoms with Crippen molar-refractivity contribution in [3.8, 4) is 5.75 Å². The number of carbonyl (C=O) groups excluding carboxylic acids is 4. The largest absolute Gasteiger partial charge is 0.497 e. The zero-order chi connectivity index (χ0) is 34.9. The summed E-state index contributed by atoms with van der Waals surface area (Å²) in [6.07, 6.45) is 5.96. The molecule has 2 atom stereocenters. The van der Waals surface area contributed by atoms with Gasteiger partial charge in [0.05, 0.1) is 13.4 Å². The number of anilines is 1. The van der Waals surface area contributed by atoms with Crippen molar-refractivity contribution in [2.24, 2.45) is 0 Å². The predicted octanol–water partition coefficient (Wildman–Crippen LogP) is 4.85. The Morgan fingerprint density at radius 1 is 0.938 bits per heavy atom. The number of imidazole rings is 1. The van der Waals surface area contributed by atoms with E-state index in [2.05, 4.69) is 20.9 Å². The summed E-state index contributed by atoms with van der Waals surface area (Å²) in [6.45, 7) is 9.66. The van der Waals surface area contributed by atoms with Crippen LogP contribution in [0.3, 0.4) is 0 Å². The zero-order valence-corrected chi connectivity index (χ0v) is 28.7. The van der Waals surface area contributed by atoms with Crippen LogP contribution in [0.2, 0.25) is 0 Å². The van der Waals surface area contributed by atoms with Gasteiger partial charge in [-0.1, -0.05) is 42.5 Å². The smallest absolute Gasteiger partial charge is 0.408 e. The minimum atomic E-state index is -1.37. The van der Waals surface area contributed by atoms with Crippen LogP contribution in [0.1, 0.15) is 77.5 Å². The van der Waals surface area contributed by atoms with Crippen molar-refractivity contribution in [3.63, 3.8) is 0 Å². The van der Waals surface area contributed by atoms with E-state index in [1.54, 1.807) is 64.6 Å². The molecule has 2 unspecified atom stereocenters. The minimum Gasteiger partial charge on any atom is -0.497 e. The molecule has 4 rings (SSSR count). The van der Waals surface area contributed by atoms with Gasteiger partial charge in [0.15, 0.2) is 5.82 Å². The number of carbonyl (C=O) groups is 4. The van der Waals surface area contributed by atoms with E-state index in [4.69, 9.17) is 9.47 Å². The Labute approximate surface area is 282 Å². The molecule has 1 fully saturated rings. The second kappa shape index (κ2) is 15.8. The molecule has 1 saturated heterocycles. The normalized spacial score (nSPS) is 14.5. The number of amides is 4. The van der Waals surface area contributed by atoms with Crippen molar-refractivity contribution in [2.75, 3.05) is 25.5 Å². The second-order valence-electron chi connectivity index (χ2n) is 13.6. The number of nitrogens with one attached hydrogen (secondary N) is 3. The van der Waals surface area contributed by atoms with Gasteiger partial charge in [-0.2, -0.15) is 0 Å². The van der Waals surface area contributed by atoms with E-state index in [9.17, 15) is 19.2 Å². The number of alkyl carbamates (subject to hydrolysis) is 1. The number of hydrogen-bond donors (Lipinski definition) is 3. The Bertz CT molecular complexity index is 1540. The van der Waals surface area contributed by atoms with E-state index in [1.807, 2.05) is 47.4 Å². The Balaban J connectivity index is 1.51. The van der Waals surface area contributed by atoms with Gasteiger partial charge in [0.1, 0.15) is 29.0 Å². The summed E-state index contributed by atoms with van der Waals surface area (Å²) in [5.74, 6) is -0.162. The highest BCUT2D eigenvalue weighted by Gasteiger charge is 2.35. The summed E-state index contributed by atoms with van der Waals surface area (Å²) >= 11 is 0. The van der Waals surface area contributed by atoms with Crippen molar-refractivity contribution in [1.82, 2.24) is 25.1 Å². The number of methoxy groups -OCH3 is 1. The lowest BCUT2D eigenvalue weighted by Crippen LogP contribution is -2.58. The van der Waals surface area contributed by atoms with Crippen LogP contribution < -0.4 is 20.7 Å². The molecule has 0 aliphatic carbocycles. The number of likely N-dealkylation sites (tertiary alicyclic amines) is 1. The topological polar surface area (TPSA) is 144 Å². The fourth-order valence-electron chi connectivity index (χ4n) is 5.47. The van der Waals surface area contributed by atoms with E-state index >= 15 is 0 Å². The lowest BCUT2D eigenvalue weighted by molar-refractivity contribution is -0.132. The van der Waals surface area contributed by atoms with Crippen molar-refractivity contribution in [3.05, 3.63) is 78.2 Å². The van der Waals surface area contributed by atoms with Gasteiger partial charge in [0, 0.05) is 19.3 Å². The number of rotatable bonds is 13. The van der Waals surface area contributed by atoms with Crippen molar-refractivity contribution in [2.45, 2.75) is 89.9 Å². The average Bonchev–Trinajstić information content (AvgIpc) is 3.73. The van der Waals surface area contributed by atoms with Crippen LogP contribution in [-0.2, 0) is 25.5 Å². The molecule has 0 saturated carbocycles. The van der Waals surface area contributed by atoms with Gasteiger partial charge in [-0.15, -0.1) is 0 Å². The molecule has 3 N–H and O–H groups in total. The van der Waals surface area contributed by atoms with E-state index in [0.29, 0.717) is 38.1 Å². The van der Waals surface area contributed by atoms with Gasteiger partial charge >= 0.3 is 6.09 Å². The quantitative estimate of drug-likeness (QED) is 0.238. The summed E-state index contributed by atoms with van der Waals surface area (Å²) in [4.78, 5) is 59.6. The molecule has 48 heavy (non-hydrogen) atoms. The standard InChI is InChI=1S/C36H48N6O6/c1-35(2,3)48-34(46)40-36(4,5)33(45)38-28(16-12-15-25-13-8-7-9-14-25)31(43)39-29-23-42(24-37-29)30(32(44)41-21-10-11-22-41)26-17-19-27(47-6)20-18-26/h7-9,13-14,17-20,23-24,28,30H,10-12,15-16,21-22H2,1-6H3,(H,38,45)(H,39,43)(H,40,46). The van der Waals surface area contributed by atoms with Crippen LogP contribution in [0.4, 0.5) is 10.6 Å². The third-order valence-electron chi connectivity index (χ3n) is 8.04. The highest BCUT2D eigenvalue weighted by molar-refractivity contribution is 5.98. The molecule has 0 radical (unpaired) electrons. The van der Waals surface area contributed by atoms with Crippen molar-refractivity contribution in [1.29, 1.82) is 0 Å². The molecule has 0 bridgehead atoms. The SMILES string of the molecule is COc1ccc(C(C(=O)N2CCCC2)n2cnc(NC(=O)C(CCCc3ccccc3)NC(=O)C(C)(C)NC(=O)OC(C)(C)C)c2)cc1. The number of nitrogens with zero attached hydrogens (tertiary/aromatic N) is 3. The monoisotopic (exact) mass is 660 g/mol. The molecule has 2 aromatic carbocycles. The maximum atomic E-state index is 13.7. The third kappa shape index (κ3) is 10.1. The number of ether oxygens (including phenoxy) is 2. The van der Waals surface area contributed by atoms with Crippen LogP contribution in [0.15, 0.2) is 67.1 Å². The Morgan fingerprint density at radius 2 is 1.60 bits per heavy atom. The first-order valence-corrected chi connectivity index (χ1v) is 16.4. The van der Waals surface area contributed by atoms with E-state index in [-0.39, 0.29) is 11.7 Å². The van der Waals surface area contributed by atoms with Gasteiger partial charge in [0.2, 0.25) is 17.7 Å². The van der Waals surface area contributed by atoms with Crippen molar-refractivity contribution < 1.29 is 28.7 Å². The molecule has 1 aliphatic heterocycles. The molecule has 258 valence electrons. The van der Waals surface area contributed by atoms with Crippen LogP contribution in [0.25, 0.3) is 0 Å². The van der Waals surface area contributed by atoms with E-state index in [1.165, 1.54) is 6.33 Å². The van der Waals surface area contributed by atoms with Crippen LogP contribution in [0.5, 0.6) is 5.75 Å². The Morgan fingerprint density at radius 3 is 2.23 bits per heavy atom. The molecule has 12 nitrogen and oxygen atoms in total. The Kier molecular flexibility index (Phi) is 11.9. The summed E-state index contributed by atoms with van der Waals surface area (Å²) in [5, 5.41) is 8.25. The number of aryl methyl sites for hydroxylation is 1. The van der Waals surface area contributed by atoms with Gasteiger partial charge in [-0.3, -0.25) is 14.4 Å². The van der Waals surface area contributed by atoms with Gasteiger partial charge in [0.25, 0.3) is 0 Å². The zero-order valence-electron chi connectivity index (χ0n) is 28.7. The molecular formula is C36H48N6O6. The van der Waals surface area contributed by atoms with Gasteiger partial charge in [-0.05, 0) is 90.0 Å². The number of benzene rings is 2. The Hall–Kier alpha value is -4.87. The van der Waals surface area contributed by atoms with E-state index < -0.39 is 41.1 Å². The lowest BCUT2D eigenvalue weighted by atomic mass is 10.0. The highest BCUT2D eigenvalue weighted by Crippen LogP contribution is 2.26. The number of hydrogen-bond acceptors (Lipinski definition) is 7. The van der Waals surface area contributed by atoms with E-state index in [0.717, 1.165) is 24.0 Å². The van der Waals surface area contributed by atoms with Crippen molar-refractivity contribution >= 4 is 29.6 Å². The molecule has 4 amide bonds. The average molecular weight is 661 g/mol. The fraction of sp³-hybridized carbons (Fsp3) is 0.472. The molecule has 12 heteroatoms. The predicted molar refractivity (Wildman–Crippen MR) is 183 cm³/mol. The van der Waals surface area contributed by atoms with Gasteiger partial charge in [-0.25, -0.2) is 9.78 Å². The summed E-state index contributed by atoms with van der Waals surface area (Å²) in [6, 6.07) is 15.6. The molecule has 2 heterocycles. The maximum Gasteiger partial charge on any atom is 0.408 e. The maximum absolute atomic E-state index is 13.7. The molecule has 0 spiro atoms. The van der Waals surface area contributed by atoms with Crippen LogP contribution in [-0.4, -0.2) is 75.6 Å². The van der Waals surface area contributed by atoms with Gasteiger partial charge < -0.3 is 34.9 Å². The molecule has 3 aromatic rings. The molecule has 1 aromatic heterocycles. The summed E-state index contributed by atoms with van der Waals surface area (Å²) < 4.78 is 12.3. The fourth-order valence-corrected chi connectivity index (χ4v) is 5.47. The van der Waals surface area contributed by atoms with Crippen LogP contribution >= 0.6 is 0 Å². The van der Waals surface area contributed by atoms with Crippen LogP contribution in [0, 0.1) is 0 Å². The first-order chi connectivity index (χ1) is 22.8. The highest BCUT2D eigenvalue weighted by atomic mass is 16.6. The first kappa shape index (κ1) is 36.0. The second-order valence-corrected chi connectivity index (χ2v) is 13.6. The molecular weight excluding hydrogens is 612 g/mol. The number of aromatic nitrogens is 2. The summed E-state index contributed by atoms with van der Waals surface area (Å²) in [5.41, 5.74) is -0.246. The first-order valence-electron chi connectivity index (χ1n) is 16.4.